The molecule has 0 spiro atoms. The minimum Gasteiger partial charge on any atom is -0.271 e. The van der Waals surface area contributed by atoms with Gasteiger partial charge in [-0.15, -0.1) is 11.3 Å². The van der Waals surface area contributed by atoms with Gasteiger partial charge in [-0.05, 0) is 25.5 Å². The van der Waals surface area contributed by atoms with E-state index in [-0.39, 0.29) is 6.04 Å². The van der Waals surface area contributed by atoms with E-state index in [1.165, 1.54) is 0 Å². The van der Waals surface area contributed by atoms with Crippen molar-refractivity contribution in [2.75, 3.05) is 0 Å². The number of nitrogens with zero attached hydrogens (tertiary/aromatic N) is 2. The van der Waals surface area contributed by atoms with E-state index in [1.807, 2.05) is 37.7 Å². The van der Waals surface area contributed by atoms with Gasteiger partial charge in [-0.1, -0.05) is 6.07 Å². The normalized spacial score (nSPS) is 12.7. The van der Waals surface area contributed by atoms with Crippen molar-refractivity contribution in [3.63, 3.8) is 0 Å². The number of pyridine rings is 1. The van der Waals surface area contributed by atoms with Crippen LogP contribution in [0.25, 0.3) is 0 Å². The minimum absolute atomic E-state index is 0.0272. The van der Waals surface area contributed by atoms with Crippen LogP contribution in [0.2, 0.25) is 0 Å². The molecule has 0 saturated heterocycles. The molecule has 4 nitrogen and oxygen atoms in total. The highest BCUT2D eigenvalue weighted by Gasteiger charge is 2.16. The molecule has 0 aliphatic heterocycles. The summed E-state index contributed by atoms with van der Waals surface area (Å²) < 4.78 is 0. The summed E-state index contributed by atoms with van der Waals surface area (Å²) in [5, 5.41) is 0. The standard InChI is InChI=1S/C11H14N4S/c1-7-3-4-9(5-13-7)10(15-12)11-8(2)14-6-16-11/h3-6,10,15H,12H2,1-2H3. The number of aromatic nitrogens is 2. The molecule has 2 aromatic heterocycles. The first-order valence-electron chi connectivity index (χ1n) is 5.01. The fourth-order valence-electron chi connectivity index (χ4n) is 1.56. The highest BCUT2D eigenvalue weighted by Crippen LogP contribution is 2.26. The van der Waals surface area contributed by atoms with Gasteiger partial charge in [-0.3, -0.25) is 10.8 Å². The molecule has 0 saturated carbocycles. The van der Waals surface area contributed by atoms with Gasteiger partial charge in [0.1, 0.15) is 0 Å². The molecule has 84 valence electrons. The third-order valence-corrected chi connectivity index (χ3v) is 3.47. The molecule has 0 amide bonds. The number of thiazole rings is 1. The lowest BCUT2D eigenvalue weighted by Gasteiger charge is -2.15. The van der Waals surface area contributed by atoms with Gasteiger partial charge < -0.3 is 0 Å². The molecule has 1 atom stereocenters. The van der Waals surface area contributed by atoms with E-state index in [4.69, 9.17) is 5.84 Å². The molecule has 0 bridgehead atoms. The van der Waals surface area contributed by atoms with Gasteiger partial charge in [0.05, 0.1) is 22.1 Å². The van der Waals surface area contributed by atoms with Crippen molar-refractivity contribution in [1.29, 1.82) is 0 Å². The molecule has 2 aromatic rings. The van der Waals surface area contributed by atoms with Gasteiger partial charge in [0.2, 0.25) is 0 Å². The lowest BCUT2D eigenvalue weighted by molar-refractivity contribution is 0.639. The third kappa shape index (κ3) is 2.11. The third-order valence-electron chi connectivity index (χ3n) is 2.48. The van der Waals surface area contributed by atoms with Crippen molar-refractivity contribution in [2.24, 2.45) is 5.84 Å². The van der Waals surface area contributed by atoms with Crippen LogP contribution in [0.15, 0.2) is 23.8 Å². The molecule has 16 heavy (non-hydrogen) atoms. The summed E-state index contributed by atoms with van der Waals surface area (Å²) in [7, 11) is 0. The Labute approximate surface area is 98.5 Å². The van der Waals surface area contributed by atoms with Gasteiger partial charge in [-0.25, -0.2) is 10.4 Å². The summed E-state index contributed by atoms with van der Waals surface area (Å²) >= 11 is 1.60. The predicted octanol–water partition coefficient (Wildman–Crippen LogP) is 1.71. The van der Waals surface area contributed by atoms with E-state index in [9.17, 15) is 0 Å². The van der Waals surface area contributed by atoms with Crippen molar-refractivity contribution in [3.05, 3.63) is 45.7 Å². The summed E-state index contributed by atoms with van der Waals surface area (Å²) in [5.74, 6) is 5.60. The summed E-state index contributed by atoms with van der Waals surface area (Å²) in [6.45, 7) is 3.95. The zero-order valence-electron chi connectivity index (χ0n) is 9.27. The second kappa shape index (κ2) is 4.69. The average molecular weight is 234 g/mol. The highest BCUT2D eigenvalue weighted by atomic mass is 32.1. The number of aryl methyl sites for hydroxylation is 2. The van der Waals surface area contributed by atoms with E-state index < -0.39 is 0 Å². The van der Waals surface area contributed by atoms with E-state index in [0.29, 0.717) is 0 Å². The number of hydrazine groups is 1. The van der Waals surface area contributed by atoms with E-state index >= 15 is 0 Å². The van der Waals surface area contributed by atoms with Crippen LogP contribution < -0.4 is 11.3 Å². The van der Waals surface area contributed by atoms with Crippen LogP contribution in [0.5, 0.6) is 0 Å². The number of hydrogen-bond acceptors (Lipinski definition) is 5. The lowest BCUT2D eigenvalue weighted by Crippen LogP contribution is -2.28. The monoisotopic (exact) mass is 234 g/mol. The van der Waals surface area contributed by atoms with Crippen LogP contribution in [0.3, 0.4) is 0 Å². The summed E-state index contributed by atoms with van der Waals surface area (Å²) in [5.41, 5.74) is 7.71. The minimum atomic E-state index is -0.0272. The lowest BCUT2D eigenvalue weighted by atomic mass is 10.1. The van der Waals surface area contributed by atoms with Gasteiger partial charge in [-0.2, -0.15) is 0 Å². The highest BCUT2D eigenvalue weighted by molar-refractivity contribution is 7.09. The van der Waals surface area contributed by atoms with Crippen LogP contribution in [0, 0.1) is 13.8 Å². The number of rotatable bonds is 3. The fraction of sp³-hybridized carbons (Fsp3) is 0.273. The smallest absolute Gasteiger partial charge is 0.0836 e. The van der Waals surface area contributed by atoms with Gasteiger partial charge in [0.15, 0.2) is 0 Å². The first-order valence-corrected chi connectivity index (χ1v) is 5.89. The zero-order valence-corrected chi connectivity index (χ0v) is 10.1. The molecule has 2 heterocycles. The van der Waals surface area contributed by atoms with Crippen LogP contribution in [0.1, 0.15) is 27.9 Å². The molecule has 2 rings (SSSR count). The van der Waals surface area contributed by atoms with Crippen LogP contribution in [0.4, 0.5) is 0 Å². The predicted molar refractivity (Wildman–Crippen MR) is 65.0 cm³/mol. The van der Waals surface area contributed by atoms with Crippen LogP contribution in [-0.2, 0) is 0 Å². The summed E-state index contributed by atoms with van der Waals surface area (Å²) in [6.07, 6.45) is 1.85. The SMILES string of the molecule is Cc1ccc(C(NN)c2scnc2C)cn1. The second-order valence-corrected chi connectivity index (χ2v) is 4.52. The fourth-order valence-corrected chi connectivity index (χ4v) is 2.45. The van der Waals surface area contributed by atoms with E-state index in [1.54, 1.807) is 11.3 Å². The molecule has 0 radical (unpaired) electrons. The number of nitrogens with two attached hydrogens (primary N) is 1. The largest absolute Gasteiger partial charge is 0.271 e. The zero-order chi connectivity index (χ0) is 11.5. The first kappa shape index (κ1) is 11.2. The summed E-state index contributed by atoms with van der Waals surface area (Å²) in [6, 6.07) is 3.99. The Bertz CT molecular complexity index is 463. The summed E-state index contributed by atoms with van der Waals surface area (Å²) in [4.78, 5) is 9.64. The topological polar surface area (TPSA) is 63.8 Å². The van der Waals surface area contributed by atoms with Crippen molar-refractivity contribution in [2.45, 2.75) is 19.9 Å². The van der Waals surface area contributed by atoms with Crippen molar-refractivity contribution in [3.8, 4) is 0 Å². The van der Waals surface area contributed by atoms with Crippen LogP contribution >= 0.6 is 11.3 Å². The Morgan fingerprint density at radius 1 is 1.31 bits per heavy atom. The average Bonchev–Trinajstić information content (AvgIpc) is 2.69. The van der Waals surface area contributed by atoms with Crippen LogP contribution in [-0.4, -0.2) is 9.97 Å². The second-order valence-electron chi connectivity index (χ2n) is 3.63. The van der Waals surface area contributed by atoms with Gasteiger partial charge in [0, 0.05) is 11.9 Å². The van der Waals surface area contributed by atoms with Crippen molar-refractivity contribution in [1.82, 2.24) is 15.4 Å². The van der Waals surface area contributed by atoms with Crippen molar-refractivity contribution >= 4 is 11.3 Å². The van der Waals surface area contributed by atoms with E-state index in [0.717, 1.165) is 21.8 Å². The maximum atomic E-state index is 5.60. The molecular formula is C11H14N4S. The molecule has 1 unspecified atom stereocenters. The molecule has 0 aromatic carbocycles. The Hall–Kier alpha value is -1.30. The quantitative estimate of drug-likeness (QED) is 0.627. The Kier molecular flexibility index (Phi) is 3.28. The van der Waals surface area contributed by atoms with Gasteiger partial charge in [0.25, 0.3) is 0 Å². The number of nitrogens with one attached hydrogen (secondary N) is 1. The Balaban J connectivity index is 2.37. The molecule has 0 aliphatic rings. The Morgan fingerprint density at radius 2 is 2.12 bits per heavy atom. The van der Waals surface area contributed by atoms with Crippen molar-refractivity contribution < 1.29 is 0 Å². The maximum Gasteiger partial charge on any atom is 0.0836 e. The molecule has 0 fully saturated rings. The maximum absolute atomic E-state index is 5.60. The van der Waals surface area contributed by atoms with E-state index in [2.05, 4.69) is 15.4 Å². The molecule has 5 heteroatoms. The van der Waals surface area contributed by atoms with Gasteiger partial charge >= 0.3 is 0 Å². The molecule has 0 aliphatic carbocycles. The first-order chi connectivity index (χ1) is 7.72. The molecule has 3 N–H and O–H groups in total. The molecular weight excluding hydrogens is 220 g/mol. The number of hydrogen-bond donors (Lipinski definition) is 2. The Morgan fingerprint density at radius 3 is 2.62 bits per heavy atom.